The van der Waals surface area contributed by atoms with Crippen molar-refractivity contribution in [1.29, 1.82) is 0 Å². The Kier molecular flexibility index (Phi) is 5.18. The smallest absolute Gasteiger partial charge is 0.326 e. The minimum absolute atomic E-state index is 0.0702. The molecule has 2 atom stereocenters. The van der Waals surface area contributed by atoms with Gasteiger partial charge in [0.1, 0.15) is 12.1 Å². The number of hydrogen-bond acceptors (Lipinski definition) is 5. The van der Waals surface area contributed by atoms with Gasteiger partial charge in [-0.25, -0.2) is 4.79 Å². The molecule has 0 unspecified atom stereocenters. The van der Waals surface area contributed by atoms with Gasteiger partial charge in [0.15, 0.2) is 6.61 Å². The van der Waals surface area contributed by atoms with Crippen molar-refractivity contribution in [3.63, 3.8) is 0 Å². The first-order chi connectivity index (χ1) is 12.6. The van der Waals surface area contributed by atoms with Crippen LogP contribution in [0.3, 0.4) is 0 Å². The molecule has 8 nitrogen and oxygen atoms in total. The first-order valence-electron chi connectivity index (χ1n) is 9.69. The topological polar surface area (TPSA) is 96.0 Å². The standard InChI is InChI=1S/C19H29N3O5/c1-13-8-18(2,3)12-19(9-13)16(25)22(17(26)20-19)10-15(24)27-11-14(23)21-6-4-5-7-21/h13H,4-12H2,1-3H3,(H,20,26)/t13-,19-/m1/s1. The van der Waals surface area contributed by atoms with Crippen molar-refractivity contribution in [2.75, 3.05) is 26.2 Å². The lowest BCUT2D eigenvalue weighted by atomic mass is 9.64. The van der Waals surface area contributed by atoms with Crippen LogP contribution in [-0.2, 0) is 19.1 Å². The summed E-state index contributed by atoms with van der Waals surface area (Å²) in [6.07, 6.45) is 4.02. The van der Waals surface area contributed by atoms with Gasteiger partial charge in [-0.05, 0) is 43.4 Å². The Hall–Kier alpha value is -2.12. The van der Waals surface area contributed by atoms with E-state index in [9.17, 15) is 19.2 Å². The van der Waals surface area contributed by atoms with E-state index in [1.165, 1.54) is 0 Å². The zero-order chi connectivity index (χ0) is 19.8. The van der Waals surface area contributed by atoms with E-state index < -0.39 is 24.1 Å². The molecule has 0 aromatic heterocycles. The van der Waals surface area contributed by atoms with Crippen molar-refractivity contribution in [2.45, 2.75) is 58.4 Å². The van der Waals surface area contributed by atoms with Gasteiger partial charge in [0, 0.05) is 13.1 Å². The highest BCUT2D eigenvalue weighted by Gasteiger charge is 2.56. The van der Waals surface area contributed by atoms with Gasteiger partial charge in [0.2, 0.25) is 0 Å². The molecule has 0 aromatic carbocycles. The molecule has 1 aliphatic carbocycles. The quantitative estimate of drug-likeness (QED) is 0.586. The normalized spacial score (nSPS) is 30.0. The molecule has 1 spiro atoms. The fourth-order valence-corrected chi connectivity index (χ4v) is 5.02. The summed E-state index contributed by atoms with van der Waals surface area (Å²) in [6, 6.07) is -0.562. The third kappa shape index (κ3) is 4.09. The SMILES string of the molecule is C[C@@H]1CC(C)(C)C[C@@]2(C1)NC(=O)N(CC(=O)OCC(=O)N1CCCC1)C2=O. The summed E-state index contributed by atoms with van der Waals surface area (Å²) in [4.78, 5) is 52.0. The monoisotopic (exact) mass is 379 g/mol. The average molecular weight is 379 g/mol. The second kappa shape index (κ2) is 7.13. The second-order valence-electron chi connectivity index (χ2n) is 9.01. The zero-order valence-electron chi connectivity index (χ0n) is 16.4. The van der Waals surface area contributed by atoms with Gasteiger partial charge in [0.25, 0.3) is 11.8 Å². The molecule has 0 bridgehead atoms. The number of nitrogens with one attached hydrogen (secondary N) is 1. The molecule has 8 heteroatoms. The molecule has 3 rings (SSSR count). The highest BCUT2D eigenvalue weighted by atomic mass is 16.5. The van der Waals surface area contributed by atoms with E-state index in [-0.39, 0.29) is 23.8 Å². The molecular weight excluding hydrogens is 350 g/mol. The Morgan fingerprint density at radius 2 is 1.85 bits per heavy atom. The summed E-state index contributed by atoms with van der Waals surface area (Å²) in [6.45, 7) is 6.80. The predicted octanol–water partition coefficient (Wildman–Crippen LogP) is 1.29. The van der Waals surface area contributed by atoms with E-state index >= 15 is 0 Å². The number of carbonyl (C=O) groups is 4. The average Bonchev–Trinajstić information content (AvgIpc) is 3.15. The molecule has 1 saturated carbocycles. The lowest BCUT2D eigenvalue weighted by molar-refractivity contribution is -0.153. The third-order valence-electron chi connectivity index (χ3n) is 5.73. The van der Waals surface area contributed by atoms with Crippen molar-refractivity contribution >= 4 is 23.8 Å². The maximum Gasteiger partial charge on any atom is 0.326 e. The molecule has 0 aromatic rings. The number of hydrogen-bond donors (Lipinski definition) is 1. The van der Waals surface area contributed by atoms with Crippen molar-refractivity contribution in [3.05, 3.63) is 0 Å². The van der Waals surface area contributed by atoms with E-state index in [1.807, 2.05) is 0 Å². The number of esters is 1. The van der Waals surface area contributed by atoms with Crippen LogP contribution in [0.5, 0.6) is 0 Å². The van der Waals surface area contributed by atoms with Gasteiger partial charge < -0.3 is 15.0 Å². The summed E-state index contributed by atoms with van der Waals surface area (Å²) in [5.74, 6) is -1.05. The molecule has 3 fully saturated rings. The molecule has 2 heterocycles. The molecule has 1 N–H and O–H groups in total. The second-order valence-corrected chi connectivity index (χ2v) is 9.01. The van der Waals surface area contributed by atoms with Crippen molar-refractivity contribution in [1.82, 2.24) is 15.1 Å². The number of imide groups is 1. The highest BCUT2D eigenvalue weighted by Crippen LogP contribution is 2.46. The van der Waals surface area contributed by atoms with E-state index in [0.717, 1.165) is 24.2 Å². The summed E-state index contributed by atoms with van der Waals surface area (Å²) < 4.78 is 5.01. The van der Waals surface area contributed by atoms with Crippen LogP contribution in [0.4, 0.5) is 4.79 Å². The van der Waals surface area contributed by atoms with Crippen LogP contribution in [-0.4, -0.2) is 65.4 Å². The largest absolute Gasteiger partial charge is 0.454 e. The van der Waals surface area contributed by atoms with Crippen LogP contribution >= 0.6 is 0 Å². The maximum absolute atomic E-state index is 13.0. The van der Waals surface area contributed by atoms with Crippen LogP contribution < -0.4 is 5.32 Å². The van der Waals surface area contributed by atoms with Gasteiger partial charge in [-0.1, -0.05) is 20.8 Å². The molecular formula is C19H29N3O5. The van der Waals surface area contributed by atoms with Gasteiger partial charge in [-0.3, -0.25) is 19.3 Å². The van der Waals surface area contributed by atoms with Crippen LogP contribution in [0, 0.1) is 11.3 Å². The first-order valence-corrected chi connectivity index (χ1v) is 9.69. The van der Waals surface area contributed by atoms with E-state index in [2.05, 4.69) is 26.1 Å². The molecule has 150 valence electrons. The Balaban J connectivity index is 1.58. The first kappa shape index (κ1) is 19.6. The van der Waals surface area contributed by atoms with E-state index in [1.54, 1.807) is 4.90 Å². The van der Waals surface area contributed by atoms with Crippen LogP contribution in [0.15, 0.2) is 0 Å². The van der Waals surface area contributed by atoms with Gasteiger partial charge >= 0.3 is 12.0 Å². The van der Waals surface area contributed by atoms with Crippen LogP contribution in [0.25, 0.3) is 0 Å². The van der Waals surface area contributed by atoms with Gasteiger partial charge in [-0.2, -0.15) is 0 Å². The molecule has 3 aliphatic rings. The minimum Gasteiger partial charge on any atom is -0.454 e. The van der Waals surface area contributed by atoms with Crippen molar-refractivity contribution < 1.29 is 23.9 Å². The number of rotatable bonds is 4. The Morgan fingerprint density at radius 3 is 2.48 bits per heavy atom. The van der Waals surface area contributed by atoms with Gasteiger partial charge in [-0.15, -0.1) is 0 Å². The number of carbonyl (C=O) groups excluding carboxylic acids is 4. The summed E-state index contributed by atoms with van der Waals surface area (Å²) >= 11 is 0. The van der Waals surface area contributed by atoms with Gasteiger partial charge in [0.05, 0.1) is 0 Å². The van der Waals surface area contributed by atoms with Crippen molar-refractivity contribution in [2.24, 2.45) is 11.3 Å². The Labute approximate surface area is 159 Å². The molecule has 27 heavy (non-hydrogen) atoms. The molecule has 2 aliphatic heterocycles. The Morgan fingerprint density at radius 1 is 1.19 bits per heavy atom. The number of likely N-dealkylation sites (tertiary alicyclic amines) is 1. The third-order valence-corrected chi connectivity index (χ3v) is 5.73. The Bertz CT molecular complexity index is 656. The number of amides is 4. The fraction of sp³-hybridized carbons (Fsp3) is 0.789. The lowest BCUT2D eigenvalue weighted by Crippen LogP contribution is -2.54. The van der Waals surface area contributed by atoms with E-state index in [4.69, 9.17) is 4.74 Å². The summed E-state index contributed by atoms with van der Waals surface area (Å²) in [5.41, 5.74) is -1.01. The van der Waals surface area contributed by atoms with Crippen LogP contribution in [0.1, 0.15) is 52.9 Å². The van der Waals surface area contributed by atoms with E-state index in [0.29, 0.717) is 31.8 Å². The molecule has 2 saturated heterocycles. The summed E-state index contributed by atoms with van der Waals surface area (Å²) in [7, 11) is 0. The zero-order valence-corrected chi connectivity index (χ0v) is 16.4. The highest BCUT2D eigenvalue weighted by molar-refractivity contribution is 6.08. The number of urea groups is 1. The number of ether oxygens (including phenoxy) is 1. The van der Waals surface area contributed by atoms with Crippen LogP contribution in [0.2, 0.25) is 0 Å². The maximum atomic E-state index is 13.0. The summed E-state index contributed by atoms with van der Waals surface area (Å²) in [5, 5.41) is 2.82. The minimum atomic E-state index is -0.941. The van der Waals surface area contributed by atoms with Crippen molar-refractivity contribution in [3.8, 4) is 0 Å². The molecule has 4 amide bonds. The lowest BCUT2D eigenvalue weighted by Gasteiger charge is -2.43. The molecule has 0 radical (unpaired) electrons. The fourth-order valence-electron chi connectivity index (χ4n) is 5.02. The number of nitrogens with zero attached hydrogens (tertiary/aromatic N) is 2. The predicted molar refractivity (Wildman–Crippen MR) is 96.5 cm³/mol.